The third kappa shape index (κ3) is 4.90. The Morgan fingerprint density at radius 2 is 2.36 bits per heavy atom. The fourth-order valence-electron chi connectivity index (χ4n) is 1.90. The molecule has 0 saturated heterocycles. The Balaban J connectivity index is 1.92. The first-order valence-electron chi connectivity index (χ1n) is 6.77. The van der Waals surface area contributed by atoms with Crippen molar-refractivity contribution in [3.8, 4) is 0 Å². The smallest absolute Gasteiger partial charge is 0.248 e. The summed E-state index contributed by atoms with van der Waals surface area (Å²) in [6, 6.07) is 7.91. The molecule has 1 amide bonds. The molecule has 0 aliphatic heterocycles. The van der Waals surface area contributed by atoms with Crippen LogP contribution < -0.4 is 11.1 Å². The molecule has 8 heteroatoms. The third-order valence-corrected chi connectivity index (χ3v) is 3.52. The van der Waals surface area contributed by atoms with Gasteiger partial charge in [-0.3, -0.25) is 10.1 Å². The maximum absolute atomic E-state index is 11.8. The summed E-state index contributed by atoms with van der Waals surface area (Å²) in [6.07, 6.45) is 1.45. The number of benzene rings is 1. The molecule has 1 aromatic heterocycles. The zero-order valence-electron chi connectivity index (χ0n) is 12.2. The van der Waals surface area contributed by atoms with Crippen molar-refractivity contribution in [3.05, 3.63) is 40.6 Å². The molecule has 3 N–H and O–H groups in total. The van der Waals surface area contributed by atoms with E-state index < -0.39 is 0 Å². The molecule has 1 atom stereocenters. The Labute approximate surface area is 137 Å². The molecule has 1 heterocycles. The first kappa shape index (κ1) is 16.6. The molecule has 118 valence electrons. The monoisotopic (exact) mass is 367 g/mol. The molecular weight excluding hydrogens is 350 g/mol. The van der Waals surface area contributed by atoms with Crippen molar-refractivity contribution in [2.75, 3.05) is 19.0 Å². The Hall–Kier alpha value is -1.77. The van der Waals surface area contributed by atoms with Crippen molar-refractivity contribution in [1.82, 2.24) is 14.8 Å². The Kier molecular flexibility index (Phi) is 6.05. The zero-order valence-corrected chi connectivity index (χ0v) is 13.8. The molecule has 0 fully saturated rings. The number of hydrogen-bond acceptors (Lipinski definition) is 5. The molecule has 2 aromatic rings. The number of hydrogen-bond donors (Lipinski definition) is 2. The van der Waals surface area contributed by atoms with Crippen LogP contribution in [0, 0.1) is 0 Å². The quantitative estimate of drug-likeness (QED) is 0.770. The SMILES string of the molecule is COC(CN)CC(=O)Nc1ncn(Cc2cccc(Br)c2)n1. The number of methoxy groups -OCH3 is 1. The van der Waals surface area contributed by atoms with E-state index in [1.54, 1.807) is 11.0 Å². The maximum atomic E-state index is 11.8. The third-order valence-electron chi connectivity index (χ3n) is 3.03. The summed E-state index contributed by atoms with van der Waals surface area (Å²) in [7, 11) is 1.52. The lowest BCUT2D eigenvalue weighted by Crippen LogP contribution is -2.28. The number of halogens is 1. The average molecular weight is 368 g/mol. The average Bonchev–Trinajstić information content (AvgIpc) is 2.91. The zero-order chi connectivity index (χ0) is 15.9. The van der Waals surface area contributed by atoms with Crippen LogP contribution in [-0.2, 0) is 16.1 Å². The molecule has 0 spiro atoms. The number of carbonyl (C=O) groups is 1. The summed E-state index contributed by atoms with van der Waals surface area (Å²) < 4.78 is 7.73. The first-order valence-corrected chi connectivity index (χ1v) is 7.56. The van der Waals surface area contributed by atoms with Gasteiger partial charge in [0.1, 0.15) is 6.33 Å². The number of anilines is 1. The normalized spacial score (nSPS) is 12.1. The number of ether oxygens (including phenoxy) is 1. The number of amides is 1. The van der Waals surface area contributed by atoms with Gasteiger partial charge in [-0.05, 0) is 17.7 Å². The lowest BCUT2D eigenvalue weighted by molar-refractivity contribution is -0.118. The largest absolute Gasteiger partial charge is 0.380 e. The van der Waals surface area contributed by atoms with E-state index in [1.807, 2.05) is 24.3 Å². The first-order chi connectivity index (χ1) is 10.6. The predicted molar refractivity (Wildman–Crippen MR) is 86.4 cm³/mol. The van der Waals surface area contributed by atoms with Gasteiger partial charge < -0.3 is 10.5 Å². The Morgan fingerprint density at radius 1 is 1.55 bits per heavy atom. The summed E-state index contributed by atoms with van der Waals surface area (Å²) in [5, 5.41) is 6.85. The summed E-state index contributed by atoms with van der Waals surface area (Å²) in [4.78, 5) is 15.9. The lowest BCUT2D eigenvalue weighted by Gasteiger charge is -2.11. The summed E-state index contributed by atoms with van der Waals surface area (Å²) >= 11 is 3.43. The minimum Gasteiger partial charge on any atom is -0.380 e. The molecule has 7 nitrogen and oxygen atoms in total. The van der Waals surface area contributed by atoms with Gasteiger partial charge in [0.15, 0.2) is 0 Å². The van der Waals surface area contributed by atoms with Gasteiger partial charge >= 0.3 is 0 Å². The van der Waals surface area contributed by atoms with Gasteiger partial charge in [-0.25, -0.2) is 9.67 Å². The van der Waals surface area contributed by atoms with Crippen molar-refractivity contribution < 1.29 is 9.53 Å². The van der Waals surface area contributed by atoms with Gasteiger partial charge in [-0.1, -0.05) is 28.1 Å². The van der Waals surface area contributed by atoms with Crippen molar-refractivity contribution in [2.24, 2.45) is 5.73 Å². The van der Waals surface area contributed by atoms with E-state index in [4.69, 9.17) is 10.5 Å². The highest BCUT2D eigenvalue weighted by Crippen LogP contribution is 2.12. The van der Waals surface area contributed by atoms with Crippen LogP contribution in [0.3, 0.4) is 0 Å². The van der Waals surface area contributed by atoms with E-state index >= 15 is 0 Å². The van der Waals surface area contributed by atoms with Crippen LogP contribution >= 0.6 is 15.9 Å². The fraction of sp³-hybridized carbons (Fsp3) is 0.357. The van der Waals surface area contributed by atoms with Crippen molar-refractivity contribution in [2.45, 2.75) is 19.1 Å². The predicted octanol–water partition coefficient (Wildman–Crippen LogP) is 1.39. The van der Waals surface area contributed by atoms with Crippen LogP contribution in [-0.4, -0.2) is 40.4 Å². The van der Waals surface area contributed by atoms with E-state index in [2.05, 4.69) is 31.3 Å². The summed E-state index contributed by atoms with van der Waals surface area (Å²) in [6.45, 7) is 0.862. The Morgan fingerprint density at radius 3 is 3.05 bits per heavy atom. The number of nitrogens with one attached hydrogen (secondary N) is 1. The number of rotatable bonds is 7. The fourth-order valence-corrected chi connectivity index (χ4v) is 2.34. The lowest BCUT2D eigenvalue weighted by atomic mass is 10.2. The summed E-state index contributed by atoms with van der Waals surface area (Å²) in [5.41, 5.74) is 6.57. The molecule has 0 radical (unpaired) electrons. The van der Waals surface area contributed by atoms with Gasteiger partial charge in [0, 0.05) is 18.1 Å². The minimum atomic E-state index is -0.302. The van der Waals surface area contributed by atoms with Crippen LogP contribution in [0.1, 0.15) is 12.0 Å². The molecule has 0 bridgehead atoms. The van der Waals surface area contributed by atoms with Crippen LogP contribution in [0.4, 0.5) is 5.95 Å². The molecule has 0 aliphatic rings. The maximum Gasteiger partial charge on any atom is 0.248 e. The standard InChI is InChI=1S/C14H18BrN5O2/c1-22-12(7-16)6-13(21)18-14-17-9-20(19-14)8-10-3-2-4-11(15)5-10/h2-5,9,12H,6-8,16H2,1H3,(H,18,19,21). The molecule has 1 aromatic carbocycles. The molecule has 0 saturated carbocycles. The Bertz CT molecular complexity index is 627. The second kappa shape index (κ2) is 8.02. The van der Waals surface area contributed by atoms with Gasteiger partial charge in [0.2, 0.25) is 11.9 Å². The highest BCUT2D eigenvalue weighted by atomic mass is 79.9. The topological polar surface area (TPSA) is 95.1 Å². The van der Waals surface area contributed by atoms with E-state index in [9.17, 15) is 4.79 Å². The van der Waals surface area contributed by atoms with Gasteiger partial charge in [0.25, 0.3) is 0 Å². The van der Waals surface area contributed by atoms with E-state index in [1.165, 1.54) is 7.11 Å². The van der Waals surface area contributed by atoms with Crippen LogP contribution in [0.15, 0.2) is 35.1 Å². The number of nitrogens with zero attached hydrogens (tertiary/aromatic N) is 3. The van der Waals surface area contributed by atoms with E-state index in [0.29, 0.717) is 6.54 Å². The van der Waals surface area contributed by atoms with Crippen LogP contribution in [0.2, 0.25) is 0 Å². The van der Waals surface area contributed by atoms with Crippen molar-refractivity contribution in [3.63, 3.8) is 0 Å². The van der Waals surface area contributed by atoms with Crippen LogP contribution in [0.5, 0.6) is 0 Å². The minimum absolute atomic E-state index is 0.174. The number of carbonyl (C=O) groups excluding carboxylic acids is 1. The van der Waals surface area contributed by atoms with Gasteiger partial charge in [0.05, 0.1) is 19.1 Å². The number of aromatic nitrogens is 3. The molecule has 22 heavy (non-hydrogen) atoms. The van der Waals surface area contributed by atoms with Crippen LogP contribution in [0.25, 0.3) is 0 Å². The van der Waals surface area contributed by atoms with Gasteiger partial charge in [-0.2, -0.15) is 0 Å². The second-order valence-electron chi connectivity index (χ2n) is 4.74. The van der Waals surface area contributed by atoms with Crippen molar-refractivity contribution in [1.29, 1.82) is 0 Å². The molecule has 1 unspecified atom stereocenters. The molecule has 0 aliphatic carbocycles. The summed E-state index contributed by atoms with van der Waals surface area (Å²) in [5.74, 6) is 0.0457. The second-order valence-corrected chi connectivity index (χ2v) is 5.66. The van der Waals surface area contributed by atoms with E-state index in [0.717, 1.165) is 10.0 Å². The molecular formula is C14H18BrN5O2. The highest BCUT2D eigenvalue weighted by Gasteiger charge is 2.13. The van der Waals surface area contributed by atoms with Gasteiger partial charge in [-0.15, -0.1) is 5.10 Å². The molecule has 2 rings (SSSR count). The highest BCUT2D eigenvalue weighted by molar-refractivity contribution is 9.10. The van der Waals surface area contributed by atoms with Crippen molar-refractivity contribution >= 4 is 27.8 Å². The van der Waals surface area contributed by atoms with E-state index in [-0.39, 0.29) is 30.9 Å². The number of nitrogens with two attached hydrogens (primary N) is 1.